The summed E-state index contributed by atoms with van der Waals surface area (Å²) >= 11 is 0. The summed E-state index contributed by atoms with van der Waals surface area (Å²) < 4.78 is 0. The molecular formula is C28H42. The molecular weight excluding hydrogens is 336 g/mol. The Bertz CT molecular complexity index is 641. The van der Waals surface area contributed by atoms with Crippen LogP contribution in [0.25, 0.3) is 16.7 Å². The molecule has 2 rings (SSSR count). The first kappa shape index (κ1) is 25.9. The van der Waals surface area contributed by atoms with Crippen LogP contribution in [0.5, 0.6) is 0 Å². The Morgan fingerprint density at radius 1 is 0.750 bits per heavy atom. The highest BCUT2D eigenvalue weighted by molar-refractivity contribution is 5.75. The van der Waals surface area contributed by atoms with Gasteiger partial charge in [0.2, 0.25) is 0 Å². The Kier molecular flexibility index (Phi) is 15.8. The molecule has 28 heavy (non-hydrogen) atoms. The van der Waals surface area contributed by atoms with Crippen molar-refractivity contribution >= 4 is 5.57 Å². The molecule has 0 bridgehead atoms. The lowest BCUT2D eigenvalue weighted by molar-refractivity contribution is 0.632. The van der Waals surface area contributed by atoms with E-state index in [1.54, 1.807) is 0 Å². The molecule has 0 aliphatic rings. The highest BCUT2D eigenvalue weighted by Gasteiger charge is 2.01. The first-order valence-electron chi connectivity index (χ1n) is 11.3. The third kappa shape index (κ3) is 9.22. The van der Waals surface area contributed by atoms with Gasteiger partial charge in [-0.15, -0.1) is 0 Å². The molecule has 0 amide bonds. The standard InChI is InChI=1S/C24H30.2C2H6/c1-4-7-8-9-10-11-20-12-14-23(15-13-20)24-18-16-22(17-19-24)21(5-2)6-3;2*1-2/h5-6,12-19H,2,4,7-11H2,1,3H3;2*1-2H3/b21-6+;;. The number of hydrogen-bond acceptors (Lipinski definition) is 0. The number of aryl methyl sites for hydroxylation is 1. The first-order chi connectivity index (χ1) is 13.8. The minimum atomic E-state index is 1.18. The molecule has 0 atom stereocenters. The molecule has 0 spiro atoms. The van der Waals surface area contributed by atoms with E-state index in [9.17, 15) is 0 Å². The SMILES string of the molecule is C=C/C(=C\C)c1ccc(-c2ccc(CCCCCCC)cc2)cc1.CC.CC. The zero-order valence-corrected chi connectivity index (χ0v) is 19.2. The largest absolute Gasteiger partial charge is 0.0985 e. The van der Waals surface area contributed by atoms with Crippen molar-refractivity contribution < 1.29 is 0 Å². The van der Waals surface area contributed by atoms with Crippen LogP contribution in [0.3, 0.4) is 0 Å². The Morgan fingerprint density at radius 3 is 1.71 bits per heavy atom. The molecule has 0 saturated carbocycles. The maximum atomic E-state index is 3.87. The van der Waals surface area contributed by atoms with Crippen LogP contribution in [-0.2, 0) is 6.42 Å². The van der Waals surface area contributed by atoms with Gasteiger partial charge in [-0.25, -0.2) is 0 Å². The van der Waals surface area contributed by atoms with Gasteiger partial charge in [0, 0.05) is 0 Å². The predicted molar refractivity (Wildman–Crippen MR) is 131 cm³/mol. The van der Waals surface area contributed by atoms with Gasteiger partial charge in [0.1, 0.15) is 0 Å². The van der Waals surface area contributed by atoms with E-state index in [1.807, 2.05) is 40.7 Å². The van der Waals surface area contributed by atoms with Gasteiger partial charge in [0.25, 0.3) is 0 Å². The van der Waals surface area contributed by atoms with Gasteiger partial charge < -0.3 is 0 Å². The molecule has 0 unspecified atom stereocenters. The molecule has 0 N–H and O–H groups in total. The number of benzene rings is 2. The van der Waals surface area contributed by atoms with Gasteiger partial charge in [-0.1, -0.05) is 128 Å². The highest BCUT2D eigenvalue weighted by Crippen LogP contribution is 2.24. The Morgan fingerprint density at radius 2 is 1.25 bits per heavy atom. The third-order valence-corrected chi connectivity index (χ3v) is 4.61. The van der Waals surface area contributed by atoms with Crippen molar-refractivity contribution in [3.8, 4) is 11.1 Å². The minimum Gasteiger partial charge on any atom is -0.0985 e. The van der Waals surface area contributed by atoms with Gasteiger partial charge in [-0.3, -0.25) is 0 Å². The Hall–Kier alpha value is -2.08. The average Bonchev–Trinajstić information content (AvgIpc) is 2.78. The zero-order chi connectivity index (χ0) is 21.2. The van der Waals surface area contributed by atoms with Crippen molar-refractivity contribution in [2.45, 2.75) is 80.1 Å². The normalized spacial score (nSPS) is 10.3. The van der Waals surface area contributed by atoms with Crippen molar-refractivity contribution in [3.63, 3.8) is 0 Å². The highest BCUT2D eigenvalue weighted by atomic mass is 14.1. The van der Waals surface area contributed by atoms with E-state index in [0.29, 0.717) is 0 Å². The topological polar surface area (TPSA) is 0 Å². The fourth-order valence-electron chi connectivity index (χ4n) is 3.05. The third-order valence-electron chi connectivity index (χ3n) is 4.61. The summed E-state index contributed by atoms with van der Waals surface area (Å²) in [5.41, 5.74) is 6.42. The number of hydrogen-bond donors (Lipinski definition) is 0. The Labute approximate surface area is 175 Å². The van der Waals surface area contributed by atoms with Gasteiger partial charge in [0.15, 0.2) is 0 Å². The summed E-state index contributed by atoms with van der Waals surface area (Å²) in [4.78, 5) is 0. The quantitative estimate of drug-likeness (QED) is 0.301. The van der Waals surface area contributed by atoms with Crippen molar-refractivity contribution in [2.75, 3.05) is 0 Å². The molecule has 0 nitrogen and oxygen atoms in total. The molecule has 0 heterocycles. The Balaban J connectivity index is 0.00000171. The van der Waals surface area contributed by atoms with Crippen molar-refractivity contribution in [1.82, 2.24) is 0 Å². The zero-order valence-electron chi connectivity index (χ0n) is 19.2. The molecule has 154 valence electrons. The molecule has 0 saturated heterocycles. The van der Waals surface area contributed by atoms with Crippen molar-refractivity contribution in [1.29, 1.82) is 0 Å². The van der Waals surface area contributed by atoms with Crippen LogP contribution in [0.1, 0.15) is 84.8 Å². The fourth-order valence-corrected chi connectivity index (χ4v) is 3.05. The number of allylic oxidation sites excluding steroid dienone is 3. The summed E-state index contributed by atoms with van der Waals surface area (Å²) in [5.74, 6) is 0. The maximum Gasteiger partial charge on any atom is -0.0184 e. The van der Waals surface area contributed by atoms with Crippen LogP contribution in [0.2, 0.25) is 0 Å². The van der Waals surface area contributed by atoms with Gasteiger partial charge in [-0.05, 0) is 47.6 Å². The van der Waals surface area contributed by atoms with E-state index in [1.165, 1.54) is 66.4 Å². The summed E-state index contributed by atoms with van der Waals surface area (Å²) in [5, 5.41) is 0. The van der Waals surface area contributed by atoms with Crippen LogP contribution < -0.4 is 0 Å². The molecule has 0 aromatic heterocycles. The predicted octanol–water partition coefficient (Wildman–Crippen LogP) is 9.51. The number of rotatable bonds is 9. The van der Waals surface area contributed by atoms with E-state index in [-0.39, 0.29) is 0 Å². The second kappa shape index (κ2) is 17.0. The van der Waals surface area contributed by atoms with Crippen LogP contribution in [0.4, 0.5) is 0 Å². The van der Waals surface area contributed by atoms with Crippen molar-refractivity contribution in [2.24, 2.45) is 0 Å². The average molecular weight is 379 g/mol. The van der Waals surface area contributed by atoms with Gasteiger partial charge in [-0.2, -0.15) is 0 Å². The lowest BCUT2D eigenvalue weighted by Gasteiger charge is -2.07. The molecule has 0 radical (unpaired) electrons. The lowest BCUT2D eigenvalue weighted by atomic mass is 9.98. The number of unbranched alkanes of at least 4 members (excludes halogenated alkanes) is 4. The molecule has 2 aromatic carbocycles. The maximum absolute atomic E-state index is 3.87. The van der Waals surface area contributed by atoms with E-state index < -0.39 is 0 Å². The first-order valence-corrected chi connectivity index (χ1v) is 11.3. The fraction of sp³-hybridized carbons (Fsp3) is 0.429. The lowest BCUT2D eigenvalue weighted by Crippen LogP contribution is -1.87. The van der Waals surface area contributed by atoms with E-state index in [0.717, 1.165) is 0 Å². The summed E-state index contributed by atoms with van der Waals surface area (Å²) in [7, 11) is 0. The summed E-state index contributed by atoms with van der Waals surface area (Å²) in [6.45, 7) is 16.2. The van der Waals surface area contributed by atoms with Gasteiger partial charge >= 0.3 is 0 Å². The van der Waals surface area contributed by atoms with Crippen LogP contribution in [-0.4, -0.2) is 0 Å². The van der Waals surface area contributed by atoms with E-state index in [4.69, 9.17) is 0 Å². The molecule has 0 fully saturated rings. The van der Waals surface area contributed by atoms with Crippen LogP contribution >= 0.6 is 0 Å². The smallest absolute Gasteiger partial charge is 0.0184 e. The van der Waals surface area contributed by atoms with E-state index >= 15 is 0 Å². The molecule has 0 aliphatic heterocycles. The second-order valence-electron chi connectivity index (χ2n) is 6.39. The van der Waals surface area contributed by atoms with Gasteiger partial charge in [0.05, 0.1) is 0 Å². The van der Waals surface area contributed by atoms with Crippen LogP contribution in [0.15, 0.2) is 67.3 Å². The molecule has 0 aliphatic carbocycles. The van der Waals surface area contributed by atoms with Crippen molar-refractivity contribution in [3.05, 3.63) is 78.4 Å². The summed E-state index contributed by atoms with van der Waals surface area (Å²) in [6.07, 6.45) is 11.9. The molecule has 0 heteroatoms. The summed E-state index contributed by atoms with van der Waals surface area (Å²) in [6, 6.07) is 17.8. The second-order valence-corrected chi connectivity index (χ2v) is 6.39. The monoisotopic (exact) mass is 378 g/mol. The molecule has 2 aromatic rings. The van der Waals surface area contributed by atoms with E-state index in [2.05, 4.69) is 68.1 Å². The minimum absolute atomic E-state index is 1.18. The van der Waals surface area contributed by atoms with Crippen LogP contribution in [0, 0.1) is 0 Å².